The van der Waals surface area contributed by atoms with Crippen LogP contribution in [0.15, 0.2) is 0 Å². The van der Waals surface area contributed by atoms with Gasteiger partial charge in [-0.2, -0.15) is 0 Å². The van der Waals surface area contributed by atoms with Crippen molar-refractivity contribution in [2.24, 2.45) is 5.92 Å². The molecule has 4 heteroatoms. The zero-order valence-corrected chi connectivity index (χ0v) is 34.5. The highest BCUT2D eigenvalue weighted by atomic mass is 16.5. The van der Waals surface area contributed by atoms with Crippen molar-refractivity contribution >= 4 is 11.9 Å². The first-order valence-electron chi connectivity index (χ1n) is 22.3. The molecule has 0 heterocycles. The Morgan fingerprint density at radius 2 is 0.714 bits per heavy atom. The summed E-state index contributed by atoms with van der Waals surface area (Å²) in [5.74, 6) is 0.544. The van der Waals surface area contributed by atoms with Crippen LogP contribution in [0, 0.1) is 5.92 Å². The molecular weight excluding hydrogens is 604 g/mol. The number of carbonyl (C=O) groups is 2. The number of carbonyl (C=O) groups excluding carboxylic acids is 2. The van der Waals surface area contributed by atoms with E-state index in [9.17, 15) is 9.59 Å². The molecule has 1 unspecified atom stereocenters. The maximum absolute atomic E-state index is 11.8. The van der Waals surface area contributed by atoms with Gasteiger partial charge in [-0.05, 0) is 39.0 Å². The van der Waals surface area contributed by atoms with Crippen molar-refractivity contribution < 1.29 is 19.1 Å². The topological polar surface area (TPSA) is 52.6 Å². The van der Waals surface area contributed by atoms with Crippen LogP contribution >= 0.6 is 0 Å². The minimum absolute atomic E-state index is 0.0182. The summed E-state index contributed by atoms with van der Waals surface area (Å²) in [5, 5.41) is 0. The Bertz CT molecular complexity index is 646. The lowest BCUT2D eigenvalue weighted by molar-refractivity contribution is -0.147. The lowest BCUT2D eigenvalue weighted by atomic mass is 10.0. The highest BCUT2D eigenvalue weighted by molar-refractivity contribution is 5.69. The second-order valence-electron chi connectivity index (χ2n) is 15.3. The molecule has 0 rings (SSSR count). The monoisotopic (exact) mass is 695 g/mol. The first-order valence-corrected chi connectivity index (χ1v) is 22.3. The van der Waals surface area contributed by atoms with Gasteiger partial charge in [-0.1, -0.05) is 214 Å². The van der Waals surface area contributed by atoms with Gasteiger partial charge in [0.1, 0.15) is 0 Å². The van der Waals surface area contributed by atoms with E-state index in [1.54, 1.807) is 0 Å². The van der Waals surface area contributed by atoms with Crippen LogP contribution in [-0.4, -0.2) is 24.6 Å². The lowest BCUT2D eigenvalue weighted by Gasteiger charge is -2.14. The lowest BCUT2D eigenvalue weighted by Crippen LogP contribution is -2.13. The number of ether oxygens (including phenoxy) is 2. The molecule has 0 saturated heterocycles. The SMILES string of the molecule is CCCCCCCCCCCCCCCC(=O)OC(C)C.CCCCCCCCCCCCCCCCCC(=O)OCC(CC)CCCC. The molecule has 49 heavy (non-hydrogen) atoms. The van der Waals surface area contributed by atoms with E-state index >= 15 is 0 Å². The standard InChI is InChI=1S/C26H52O2.C19H38O2/c1-4-7-9-10-11-12-13-14-15-16-17-18-19-20-21-23-26(27)28-24-25(6-3)22-8-5-2;1-4-5-6-7-8-9-10-11-12-13-14-15-16-17-19(20)21-18(2)3/h25H,4-24H2,1-3H3;18H,4-17H2,1-3H3. The summed E-state index contributed by atoms with van der Waals surface area (Å²) in [6, 6.07) is 0. The Morgan fingerprint density at radius 3 is 1.02 bits per heavy atom. The van der Waals surface area contributed by atoms with Crippen molar-refractivity contribution in [2.45, 2.75) is 266 Å². The zero-order valence-electron chi connectivity index (χ0n) is 34.5. The van der Waals surface area contributed by atoms with Crippen molar-refractivity contribution in [2.75, 3.05) is 6.61 Å². The zero-order chi connectivity index (χ0) is 36.5. The highest BCUT2D eigenvalue weighted by Gasteiger charge is 2.10. The second-order valence-corrected chi connectivity index (χ2v) is 15.3. The molecule has 0 saturated carbocycles. The first kappa shape index (κ1) is 50.0. The summed E-state index contributed by atoms with van der Waals surface area (Å²) >= 11 is 0. The van der Waals surface area contributed by atoms with E-state index in [1.807, 2.05) is 13.8 Å². The van der Waals surface area contributed by atoms with Crippen molar-refractivity contribution in [1.82, 2.24) is 0 Å². The molecule has 0 aliphatic carbocycles. The Labute approximate surface area is 308 Å². The van der Waals surface area contributed by atoms with Gasteiger partial charge in [0, 0.05) is 12.8 Å². The van der Waals surface area contributed by atoms with Crippen LogP contribution in [-0.2, 0) is 19.1 Å². The Hall–Kier alpha value is -1.06. The summed E-state index contributed by atoms with van der Waals surface area (Å²) in [4.78, 5) is 23.2. The predicted octanol–water partition coefficient (Wildman–Crippen LogP) is 15.4. The van der Waals surface area contributed by atoms with Crippen LogP contribution in [0.3, 0.4) is 0 Å². The van der Waals surface area contributed by atoms with Crippen molar-refractivity contribution in [1.29, 1.82) is 0 Å². The van der Waals surface area contributed by atoms with Gasteiger partial charge < -0.3 is 9.47 Å². The molecule has 0 bridgehead atoms. The summed E-state index contributed by atoms with van der Waals surface area (Å²) in [6.07, 6.45) is 43.8. The van der Waals surface area contributed by atoms with Crippen LogP contribution < -0.4 is 0 Å². The minimum Gasteiger partial charge on any atom is -0.465 e. The summed E-state index contributed by atoms with van der Waals surface area (Å²) in [7, 11) is 0. The average Bonchev–Trinajstić information content (AvgIpc) is 3.08. The summed E-state index contributed by atoms with van der Waals surface area (Å²) in [6.45, 7) is 13.4. The van der Waals surface area contributed by atoms with Crippen LogP contribution in [0.25, 0.3) is 0 Å². The molecule has 0 N–H and O–H groups in total. The minimum atomic E-state index is -0.0342. The van der Waals surface area contributed by atoms with E-state index in [-0.39, 0.29) is 18.0 Å². The third-order valence-corrected chi connectivity index (χ3v) is 9.86. The molecule has 4 nitrogen and oxygen atoms in total. The summed E-state index contributed by atoms with van der Waals surface area (Å²) < 4.78 is 10.6. The Kier molecular flexibility index (Phi) is 44.0. The van der Waals surface area contributed by atoms with Crippen LogP contribution in [0.5, 0.6) is 0 Å². The molecule has 0 fully saturated rings. The van der Waals surface area contributed by atoms with E-state index < -0.39 is 0 Å². The maximum Gasteiger partial charge on any atom is 0.306 e. The van der Waals surface area contributed by atoms with Gasteiger partial charge in [-0.25, -0.2) is 0 Å². The molecule has 0 amide bonds. The number of unbranched alkanes of at least 4 members (excludes halogenated alkanes) is 27. The van der Waals surface area contributed by atoms with E-state index in [0.29, 0.717) is 25.4 Å². The van der Waals surface area contributed by atoms with Crippen LogP contribution in [0.2, 0.25) is 0 Å². The highest BCUT2D eigenvalue weighted by Crippen LogP contribution is 2.16. The maximum atomic E-state index is 11.8. The van der Waals surface area contributed by atoms with Crippen molar-refractivity contribution in [3.05, 3.63) is 0 Å². The molecule has 0 radical (unpaired) electrons. The molecule has 0 aromatic rings. The van der Waals surface area contributed by atoms with E-state index in [0.717, 1.165) is 19.3 Å². The Morgan fingerprint density at radius 1 is 0.408 bits per heavy atom. The van der Waals surface area contributed by atoms with Gasteiger partial charge >= 0.3 is 11.9 Å². The normalized spacial score (nSPS) is 11.7. The fourth-order valence-corrected chi connectivity index (χ4v) is 6.43. The molecule has 0 aromatic heterocycles. The Balaban J connectivity index is 0. The molecule has 0 spiro atoms. The van der Waals surface area contributed by atoms with Crippen molar-refractivity contribution in [3.63, 3.8) is 0 Å². The van der Waals surface area contributed by atoms with Gasteiger partial charge in [-0.15, -0.1) is 0 Å². The predicted molar refractivity (Wildman–Crippen MR) is 215 cm³/mol. The third kappa shape index (κ3) is 44.9. The van der Waals surface area contributed by atoms with E-state index in [1.165, 1.54) is 186 Å². The fraction of sp³-hybridized carbons (Fsp3) is 0.956. The number of hydrogen-bond acceptors (Lipinski definition) is 4. The largest absolute Gasteiger partial charge is 0.465 e. The number of hydrogen-bond donors (Lipinski definition) is 0. The fourth-order valence-electron chi connectivity index (χ4n) is 6.43. The van der Waals surface area contributed by atoms with Gasteiger partial charge in [-0.3, -0.25) is 9.59 Å². The number of rotatable bonds is 37. The summed E-state index contributed by atoms with van der Waals surface area (Å²) in [5.41, 5.74) is 0. The molecule has 0 aromatic carbocycles. The molecular formula is C45H90O4. The van der Waals surface area contributed by atoms with Gasteiger partial charge in [0.2, 0.25) is 0 Å². The molecule has 294 valence electrons. The van der Waals surface area contributed by atoms with Crippen LogP contribution in [0.1, 0.15) is 260 Å². The average molecular weight is 695 g/mol. The third-order valence-electron chi connectivity index (χ3n) is 9.86. The van der Waals surface area contributed by atoms with Crippen molar-refractivity contribution in [3.8, 4) is 0 Å². The smallest absolute Gasteiger partial charge is 0.306 e. The number of esters is 2. The van der Waals surface area contributed by atoms with Gasteiger partial charge in [0.05, 0.1) is 12.7 Å². The van der Waals surface area contributed by atoms with Gasteiger partial charge in [0.25, 0.3) is 0 Å². The molecule has 0 aliphatic heterocycles. The van der Waals surface area contributed by atoms with Crippen LogP contribution in [0.4, 0.5) is 0 Å². The van der Waals surface area contributed by atoms with E-state index in [2.05, 4.69) is 27.7 Å². The quantitative estimate of drug-likeness (QED) is 0.0480. The van der Waals surface area contributed by atoms with E-state index in [4.69, 9.17) is 9.47 Å². The molecule has 1 atom stereocenters. The second kappa shape index (κ2) is 43.1. The van der Waals surface area contributed by atoms with Gasteiger partial charge in [0.15, 0.2) is 0 Å². The molecule has 0 aliphatic rings. The first-order chi connectivity index (χ1) is 23.9.